The molecule has 0 amide bonds. The highest BCUT2D eigenvalue weighted by Gasteiger charge is 2.28. The van der Waals surface area contributed by atoms with E-state index < -0.39 is 10.2 Å². The van der Waals surface area contributed by atoms with Crippen molar-refractivity contribution in [3.63, 3.8) is 0 Å². The van der Waals surface area contributed by atoms with Crippen molar-refractivity contribution >= 4 is 10.2 Å². The van der Waals surface area contributed by atoms with Crippen LogP contribution in [0.5, 0.6) is 5.75 Å². The fraction of sp³-hybridized carbons (Fsp3) is 0.600. The third-order valence-corrected chi connectivity index (χ3v) is 5.51. The first kappa shape index (κ1) is 17.9. The molecule has 6 heteroatoms. The Morgan fingerprint density at radius 3 is 2.43 bits per heavy atom. The molecule has 0 saturated heterocycles. The van der Waals surface area contributed by atoms with Gasteiger partial charge in [-0.1, -0.05) is 32.0 Å². The van der Waals surface area contributed by atoms with E-state index in [0.29, 0.717) is 13.0 Å². The first-order chi connectivity index (χ1) is 9.77. The van der Waals surface area contributed by atoms with Gasteiger partial charge in [-0.25, -0.2) is 4.72 Å². The average Bonchev–Trinajstić information content (AvgIpc) is 2.46. The summed E-state index contributed by atoms with van der Waals surface area (Å²) in [6, 6.07) is 7.90. The van der Waals surface area contributed by atoms with Gasteiger partial charge in [0.25, 0.3) is 10.2 Å². The van der Waals surface area contributed by atoms with Crippen LogP contribution in [0.2, 0.25) is 0 Å². The van der Waals surface area contributed by atoms with Crippen LogP contribution in [-0.4, -0.2) is 40.5 Å². The Bertz CT molecular complexity index is 558. The predicted octanol–water partition coefficient (Wildman–Crippen LogP) is 2.15. The Morgan fingerprint density at radius 2 is 1.90 bits per heavy atom. The van der Waals surface area contributed by atoms with E-state index in [1.54, 1.807) is 7.11 Å². The van der Waals surface area contributed by atoms with E-state index in [1.807, 2.05) is 24.3 Å². The second-order valence-electron chi connectivity index (χ2n) is 5.55. The lowest BCUT2D eigenvalue weighted by Gasteiger charge is -2.30. The van der Waals surface area contributed by atoms with Gasteiger partial charge in [0, 0.05) is 26.2 Å². The fourth-order valence-electron chi connectivity index (χ4n) is 2.23. The third kappa shape index (κ3) is 4.43. The van der Waals surface area contributed by atoms with Crippen LogP contribution in [0, 0.1) is 0 Å². The normalized spacial score (nSPS) is 15.0. The molecule has 0 aliphatic carbocycles. The molecule has 5 nitrogen and oxygen atoms in total. The molecule has 0 saturated carbocycles. The zero-order valence-electron chi connectivity index (χ0n) is 13.5. The summed E-state index contributed by atoms with van der Waals surface area (Å²) in [6.07, 6.45) is 1.61. The van der Waals surface area contributed by atoms with Gasteiger partial charge in [0.05, 0.1) is 7.11 Å². The molecule has 0 unspecified atom stereocenters. The Kier molecular flexibility index (Phi) is 6.19. The maximum absolute atomic E-state index is 11.8. The van der Waals surface area contributed by atoms with Gasteiger partial charge in [-0.2, -0.15) is 12.7 Å². The molecule has 0 radical (unpaired) electrons. The molecule has 0 aliphatic rings. The molecule has 1 rings (SSSR count). The van der Waals surface area contributed by atoms with Crippen molar-refractivity contribution in [1.29, 1.82) is 0 Å². The standard InChI is InChI=1S/C15H26N2O3S/c1-6-15(2,11-12-16-21(18,19)17(3)4)13-9-7-8-10-14(13)20-5/h7-10,16H,6,11-12H2,1-5H3/t15-/m1/s1. The number of nitrogens with one attached hydrogen (secondary N) is 1. The molecule has 0 fully saturated rings. The zero-order chi connectivity index (χ0) is 16.1. The van der Waals surface area contributed by atoms with Gasteiger partial charge in [0.1, 0.15) is 5.75 Å². The Morgan fingerprint density at radius 1 is 1.29 bits per heavy atom. The van der Waals surface area contributed by atoms with Gasteiger partial charge in [-0.3, -0.25) is 0 Å². The molecule has 21 heavy (non-hydrogen) atoms. The van der Waals surface area contributed by atoms with Crippen molar-refractivity contribution in [3.05, 3.63) is 29.8 Å². The minimum absolute atomic E-state index is 0.137. The number of para-hydroxylation sites is 1. The second kappa shape index (κ2) is 7.24. The van der Waals surface area contributed by atoms with E-state index in [2.05, 4.69) is 18.6 Å². The number of rotatable bonds is 8. The predicted molar refractivity (Wildman–Crippen MR) is 85.9 cm³/mol. The fourth-order valence-corrected chi connectivity index (χ4v) is 2.85. The summed E-state index contributed by atoms with van der Waals surface area (Å²) in [7, 11) is 1.31. The van der Waals surface area contributed by atoms with E-state index in [1.165, 1.54) is 18.4 Å². The molecule has 1 N–H and O–H groups in total. The SMILES string of the molecule is CC[C@](C)(CCNS(=O)(=O)N(C)C)c1ccccc1OC. The van der Waals surface area contributed by atoms with Gasteiger partial charge < -0.3 is 4.74 Å². The van der Waals surface area contributed by atoms with E-state index in [9.17, 15) is 8.42 Å². The minimum Gasteiger partial charge on any atom is -0.496 e. The van der Waals surface area contributed by atoms with E-state index in [4.69, 9.17) is 4.74 Å². The molecule has 120 valence electrons. The van der Waals surface area contributed by atoms with Crippen LogP contribution >= 0.6 is 0 Å². The summed E-state index contributed by atoms with van der Waals surface area (Å²) in [5.74, 6) is 0.845. The first-order valence-electron chi connectivity index (χ1n) is 7.07. The van der Waals surface area contributed by atoms with E-state index in [0.717, 1.165) is 17.7 Å². The van der Waals surface area contributed by atoms with Crippen LogP contribution in [0.1, 0.15) is 32.3 Å². The maximum Gasteiger partial charge on any atom is 0.278 e. The molecule has 1 aromatic carbocycles. The van der Waals surface area contributed by atoms with Gasteiger partial charge in [-0.05, 0) is 24.3 Å². The quantitative estimate of drug-likeness (QED) is 0.800. The minimum atomic E-state index is -3.37. The van der Waals surface area contributed by atoms with Gasteiger partial charge in [0.2, 0.25) is 0 Å². The molecular weight excluding hydrogens is 288 g/mol. The summed E-state index contributed by atoms with van der Waals surface area (Å²) in [4.78, 5) is 0. The highest BCUT2D eigenvalue weighted by Crippen LogP contribution is 2.36. The lowest BCUT2D eigenvalue weighted by Crippen LogP contribution is -2.38. The van der Waals surface area contributed by atoms with Crippen LogP contribution < -0.4 is 9.46 Å². The van der Waals surface area contributed by atoms with Crippen molar-refractivity contribution in [2.45, 2.75) is 32.1 Å². The Labute approximate surface area is 128 Å². The number of benzene rings is 1. The lowest BCUT2D eigenvalue weighted by atomic mass is 9.77. The summed E-state index contributed by atoms with van der Waals surface area (Å²) >= 11 is 0. The van der Waals surface area contributed by atoms with Crippen LogP contribution in [0.4, 0.5) is 0 Å². The monoisotopic (exact) mass is 314 g/mol. The largest absolute Gasteiger partial charge is 0.496 e. The van der Waals surface area contributed by atoms with E-state index >= 15 is 0 Å². The highest BCUT2D eigenvalue weighted by molar-refractivity contribution is 7.87. The Balaban J connectivity index is 2.86. The summed E-state index contributed by atoms with van der Waals surface area (Å²) in [5.41, 5.74) is 0.973. The number of nitrogens with zero attached hydrogens (tertiary/aromatic N) is 1. The summed E-state index contributed by atoms with van der Waals surface area (Å²) in [5, 5.41) is 0. The second-order valence-corrected chi connectivity index (χ2v) is 7.52. The third-order valence-electron chi connectivity index (χ3n) is 3.98. The van der Waals surface area contributed by atoms with Crippen LogP contribution in [0.25, 0.3) is 0 Å². The summed E-state index contributed by atoms with van der Waals surface area (Å²) < 4.78 is 32.7. The van der Waals surface area contributed by atoms with E-state index in [-0.39, 0.29) is 5.41 Å². The number of hydrogen-bond donors (Lipinski definition) is 1. The van der Waals surface area contributed by atoms with Gasteiger partial charge in [0.15, 0.2) is 0 Å². The number of ether oxygens (including phenoxy) is 1. The highest BCUT2D eigenvalue weighted by atomic mass is 32.2. The maximum atomic E-state index is 11.8. The molecule has 0 aromatic heterocycles. The molecule has 0 bridgehead atoms. The first-order valence-corrected chi connectivity index (χ1v) is 8.51. The molecule has 1 atom stereocenters. The lowest BCUT2D eigenvalue weighted by molar-refractivity contribution is 0.365. The van der Waals surface area contributed by atoms with Gasteiger partial charge >= 0.3 is 0 Å². The topological polar surface area (TPSA) is 58.6 Å². The van der Waals surface area contributed by atoms with Crippen LogP contribution in [0.3, 0.4) is 0 Å². The molecule has 0 aliphatic heterocycles. The van der Waals surface area contributed by atoms with Gasteiger partial charge in [-0.15, -0.1) is 0 Å². The van der Waals surface area contributed by atoms with Crippen molar-refractivity contribution in [2.75, 3.05) is 27.7 Å². The molecular formula is C15H26N2O3S. The summed E-state index contributed by atoms with van der Waals surface area (Å²) in [6.45, 7) is 4.63. The van der Waals surface area contributed by atoms with Crippen molar-refractivity contribution in [2.24, 2.45) is 0 Å². The molecule has 0 spiro atoms. The molecule has 1 aromatic rings. The Hall–Kier alpha value is -1.11. The van der Waals surface area contributed by atoms with Crippen molar-refractivity contribution < 1.29 is 13.2 Å². The molecule has 0 heterocycles. The van der Waals surface area contributed by atoms with Crippen molar-refractivity contribution in [3.8, 4) is 5.75 Å². The van der Waals surface area contributed by atoms with Crippen LogP contribution in [-0.2, 0) is 15.6 Å². The van der Waals surface area contributed by atoms with Crippen LogP contribution in [0.15, 0.2) is 24.3 Å². The van der Waals surface area contributed by atoms with Crippen molar-refractivity contribution in [1.82, 2.24) is 9.03 Å². The smallest absolute Gasteiger partial charge is 0.278 e. The number of methoxy groups -OCH3 is 1. The average molecular weight is 314 g/mol. The zero-order valence-corrected chi connectivity index (χ0v) is 14.3. The number of hydrogen-bond acceptors (Lipinski definition) is 3.